The molecule has 2 rings (SSSR count). The van der Waals surface area contributed by atoms with Crippen LogP contribution in [0.2, 0.25) is 0 Å². The highest BCUT2D eigenvalue weighted by molar-refractivity contribution is 6.03. The molecular weight excluding hydrogens is 396 g/mol. The molecule has 30 heavy (non-hydrogen) atoms. The smallest absolute Gasteiger partial charge is 0.232 e. The fraction of sp³-hybridized carbons (Fsp3) is 0.737. The second-order valence-corrected chi connectivity index (χ2v) is 6.80. The fourth-order valence-electron chi connectivity index (χ4n) is 2.75. The maximum atomic E-state index is 11.9. The lowest BCUT2D eigenvalue weighted by molar-refractivity contribution is -0.140. The molecule has 168 valence electrons. The number of amides is 2. The van der Waals surface area contributed by atoms with Crippen molar-refractivity contribution in [1.29, 1.82) is 0 Å². The van der Waals surface area contributed by atoms with Gasteiger partial charge in [-0.2, -0.15) is 0 Å². The number of hydrogen-bond donors (Lipinski definition) is 0. The van der Waals surface area contributed by atoms with Crippen molar-refractivity contribution >= 4 is 18.1 Å². The molecule has 1 aliphatic rings. The van der Waals surface area contributed by atoms with Gasteiger partial charge in [-0.1, -0.05) is 12.1 Å². The van der Waals surface area contributed by atoms with E-state index in [1.165, 1.54) is 4.90 Å². The molecule has 1 atom stereocenters. The van der Waals surface area contributed by atoms with E-state index in [1.807, 2.05) is 0 Å². The molecular formula is C19H30N4O7. The molecule has 11 heteroatoms. The highest BCUT2D eigenvalue weighted by Crippen LogP contribution is 2.20. The molecule has 0 saturated carbocycles. The van der Waals surface area contributed by atoms with Gasteiger partial charge in [0.25, 0.3) is 0 Å². The zero-order valence-corrected chi connectivity index (χ0v) is 17.4. The van der Waals surface area contributed by atoms with E-state index < -0.39 is 0 Å². The van der Waals surface area contributed by atoms with E-state index in [0.29, 0.717) is 71.5 Å². The van der Waals surface area contributed by atoms with Crippen LogP contribution in [0.1, 0.15) is 25.5 Å². The normalized spacial score (nSPS) is 16.6. The molecule has 0 aliphatic carbocycles. The molecule has 2 amide bonds. The van der Waals surface area contributed by atoms with E-state index in [-0.39, 0.29) is 30.7 Å². The summed E-state index contributed by atoms with van der Waals surface area (Å²) in [6.45, 7) is 6.07. The molecule has 0 N–H and O–H groups in total. The SMILES string of the molecule is CC1CC(=O)N(Cc2cn(CCOCCOCCOCCOCCC=O)nn2)C1=O. The molecule has 1 fully saturated rings. The minimum atomic E-state index is -0.261. The van der Waals surface area contributed by atoms with E-state index in [4.69, 9.17) is 18.9 Å². The number of aldehydes is 1. The summed E-state index contributed by atoms with van der Waals surface area (Å²) in [7, 11) is 0. The third kappa shape index (κ3) is 8.66. The molecule has 1 unspecified atom stereocenters. The van der Waals surface area contributed by atoms with Crippen LogP contribution < -0.4 is 0 Å². The summed E-state index contributed by atoms with van der Waals surface area (Å²) in [5, 5.41) is 8.00. The van der Waals surface area contributed by atoms with Gasteiger partial charge in [-0.05, 0) is 0 Å². The van der Waals surface area contributed by atoms with Crippen molar-refractivity contribution < 1.29 is 33.3 Å². The van der Waals surface area contributed by atoms with E-state index in [1.54, 1.807) is 17.8 Å². The lowest BCUT2D eigenvalue weighted by Crippen LogP contribution is -2.29. The minimum Gasteiger partial charge on any atom is -0.379 e. The van der Waals surface area contributed by atoms with E-state index in [9.17, 15) is 14.4 Å². The number of likely N-dealkylation sites (tertiary alicyclic amines) is 1. The van der Waals surface area contributed by atoms with Gasteiger partial charge in [0.05, 0.1) is 72.1 Å². The largest absolute Gasteiger partial charge is 0.379 e. The lowest BCUT2D eigenvalue weighted by Gasteiger charge is -2.11. The van der Waals surface area contributed by atoms with Crippen molar-refractivity contribution in [2.75, 3.05) is 52.9 Å². The maximum Gasteiger partial charge on any atom is 0.232 e. The molecule has 1 aromatic heterocycles. The Kier molecular flexibility index (Phi) is 11.2. The van der Waals surface area contributed by atoms with Gasteiger partial charge in [-0.3, -0.25) is 14.5 Å². The third-order valence-corrected chi connectivity index (χ3v) is 4.34. The minimum absolute atomic E-state index is 0.156. The van der Waals surface area contributed by atoms with Gasteiger partial charge in [-0.15, -0.1) is 5.10 Å². The van der Waals surface area contributed by atoms with Crippen molar-refractivity contribution in [3.8, 4) is 0 Å². The molecule has 2 heterocycles. The number of nitrogens with zero attached hydrogens (tertiary/aromatic N) is 4. The van der Waals surface area contributed by atoms with E-state index in [2.05, 4.69) is 10.3 Å². The summed E-state index contributed by atoms with van der Waals surface area (Å²) >= 11 is 0. The average Bonchev–Trinajstić information content (AvgIpc) is 3.27. The number of ether oxygens (including phenoxy) is 4. The van der Waals surface area contributed by atoms with Crippen LogP contribution in [0.4, 0.5) is 0 Å². The second-order valence-electron chi connectivity index (χ2n) is 6.80. The maximum absolute atomic E-state index is 11.9. The number of carbonyl (C=O) groups excluding carboxylic acids is 3. The standard InChI is InChI=1S/C19H30N4O7/c1-16-13-18(25)23(19(16)26)15-17-14-22(21-20-17)3-6-28-8-10-30-12-11-29-9-7-27-5-2-4-24/h4,14,16H,2-3,5-13,15H2,1H3. The van der Waals surface area contributed by atoms with Crippen molar-refractivity contribution in [2.24, 2.45) is 5.92 Å². The number of imide groups is 1. The molecule has 0 radical (unpaired) electrons. The van der Waals surface area contributed by atoms with Crippen molar-refractivity contribution in [2.45, 2.75) is 32.9 Å². The zero-order valence-electron chi connectivity index (χ0n) is 17.4. The van der Waals surface area contributed by atoms with Crippen LogP contribution in [0, 0.1) is 5.92 Å². The number of aromatic nitrogens is 3. The summed E-state index contributed by atoms with van der Waals surface area (Å²) in [6.07, 6.45) is 3.19. The van der Waals surface area contributed by atoms with Gasteiger partial charge in [0.2, 0.25) is 11.8 Å². The van der Waals surface area contributed by atoms with Crippen LogP contribution in [0.5, 0.6) is 0 Å². The molecule has 1 saturated heterocycles. The second kappa shape index (κ2) is 13.9. The Labute approximate surface area is 175 Å². The first-order chi connectivity index (χ1) is 14.6. The lowest BCUT2D eigenvalue weighted by atomic mass is 10.1. The molecule has 1 aromatic rings. The van der Waals surface area contributed by atoms with Crippen LogP contribution in [0.3, 0.4) is 0 Å². The summed E-state index contributed by atoms with van der Waals surface area (Å²) in [4.78, 5) is 35.1. The Morgan fingerprint density at radius 3 is 2.17 bits per heavy atom. The van der Waals surface area contributed by atoms with E-state index in [0.717, 1.165) is 6.29 Å². The van der Waals surface area contributed by atoms with Crippen LogP contribution >= 0.6 is 0 Å². The van der Waals surface area contributed by atoms with Crippen molar-refractivity contribution in [1.82, 2.24) is 19.9 Å². The Bertz CT molecular complexity index is 667. The highest BCUT2D eigenvalue weighted by atomic mass is 16.6. The quantitative estimate of drug-likeness (QED) is 0.190. The predicted octanol–water partition coefficient (Wildman–Crippen LogP) is -0.171. The Morgan fingerprint density at radius 2 is 1.60 bits per heavy atom. The van der Waals surface area contributed by atoms with Gasteiger partial charge >= 0.3 is 0 Å². The van der Waals surface area contributed by atoms with Crippen molar-refractivity contribution in [3.63, 3.8) is 0 Å². The summed E-state index contributed by atoms with van der Waals surface area (Å²) in [5.74, 6) is -0.590. The fourth-order valence-corrected chi connectivity index (χ4v) is 2.75. The van der Waals surface area contributed by atoms with Gasteiger partial charge in [0.15, 0.2) is 0 Å². The highest BCUT2D eigenvalue weighted by Gasteiger charge is 2.35. The third-order valence-electron chi connectivity index (χ3n) is 4.34. The molecule has 11 nitrogen and oxygen atoms in total. The number of hydrogen-bond acceptors (Lipinski definition) is 9. The van der Waals surface area contributed by atoms with Gasteiger partial charge in [0.1, 0.15) is 12.0 Å². The Hall–Kier alpha value is -2.21. The zero-order chi connectivity index (χ0) is 21.6. The molecule has 0 bridgehead atoms. The van der Waals surface area contributed by atoms with Crippen LogP contribution in [-0.2, 0) is 46.4 Å². The van der Waals surface area contributed by atoms with Crippen molar-refractivity contribution in [3.05, 3.63) is 11.9 Å². The predicted molar refractivity (Wildman–Crippen MR) is 103 cm³/mol. The summed E-state index contributed by atoms with van der Waals surface area (Å²) in [5.41, 5.74) is 0.572. The van der Waals surface area contributed by atoms with Gasteiger partial charge in [-0.25, -0.2) is 4.68 Å². The summed E-state index contributed by atoms with van der Waals surface area (Å²) in [6, 6.07) is 0. The average molecular weight is 426 g/mol. The summed E-state index contributed by atoms with van der Waals surface area (Å²) < 4.78 is 23.0. The van der Waals surface area contributed by atoms with E-state index >= 15 is 0 Å². The molecule has 0 spiro atoms. The first-order valence-corrected chi connectivity index (χ1v) is 10.1. The van der Waals surface area contributed by atoms with Crippen LogP contribution in [-0.4, -0.2) is 90.8 Å². The topological polar surface area (TPSA) is 122 Å². The molecule has 1 aliphatic heterocycles. The van der Waals surface area contributed by atoms with Gasteiger partial charge < -0.3 is 23.7 Å². The molecule has 0 aromatic carbocycles. The van der Waals surface area contributed by atoms with Crippen LogP contribution in [0.25, 0.3) is 0 Å². The van der Waals surface area contributed by atoms with Crippen LogP contribution in [0.15, 0.2) is 6.20 Å². The van der Waals surface area contributed by atoms with Gasteiger partial charge in [0, 0.05) is 18.8 Å². The monoisotopic (exact) mass is 426 g/mol. The number of carbonyl (C=O) groups is 3. The first-order valence-electron chi connectivity index (χ1n) is 10.1. The Balaban J connectivity index is 1.44. The number of rotatable bonds is 17. The first kappa shape index (κ1) is 24.1. The Morgan fingerprint density at radius 1 is 1.00 bits per heavy atom.